The van der Waals surface area contributed by atoms with Gasteiger partial charge in [0.1, 0.15) is 0 Å². The van der Waals surface area contributed by atoms with E-state index in [0.29, 0.717) is 0 Å². The summed E-state index contributed by atoms with van der Waals surface area (Å²) in [7, 11) is 0. The van der Waals surface area contributed by atoms with Crippen LogP contribution < -0.4 is 0 Å². The maximum atomic E-state index is 2.43. The third-order valence-electron chi connectivity index (χ3n) is 10.2. The molecular weight excluding hydrogens is 591 g/mol. The SMILES string of the molecule is c1ccc(-c2ccc(-c3c4ccccc4c(-c4ccc5c(c4)c4ccccc4n5-c4ccccc4)c4c3ccc3ccccc34)cc2)cc1. The Kier molecular flexibility index (Phi) is 6.25. The zero-order valence-corrected chi connectivity index (χ0v) is 26.8. The molecule has 0 unspecified atom stereocenters. The Bertz CT molecular complexity index is 2840. The molecule has 0 saturated carbocycles. The average Bonchev–Trinajstić information content (AvgIpc) is 3.51. The lowest BCUT2D eigenvalue weighted by molar-refractivity contribution is 1.18. The first kappa shape index (κ1) is 27.7. The molecule has 0 N–H and O–H groups in total. The van der Waals surface area contributed by atoms with E-state index < -0.39 is 0 Å². The Morgan fingerprint density at radius 3 is 1.61 bits per heavy atom. The van der Waals surface area contributed by atoms with E-state index in [4.69, 9.17) is 0 Å². The summed E-state index contributed by atoms with van der Waals surface area (Å²) >= 11 is 0. The molecule has 0 fully saturated rings. The summed E-state index contributed by atoms with van der Waals surface area (Å²) in [6.07, 6.45) is 0. The topological polar surface area (TPSA) is 4.93 Å². The van der Waals surface area contributed by atoms with Crippen LogP contribution in [0.4, 0.5) is 0 Å². The quantitative estimate of drug-likeness (QED) is 0.136. The molecule has 0 spiro atoms. The molecule has 1 heteroatoms. The molecular formula is C48H31N. The molecule has 0 bridgehead atoms. The van der Waals surface area contributed by atoms with Crippen molar-refractivity contribution < 1.29 is 0 Å². The van der Waals surface area contributed by atoms with Gasteiger partial charge in [0.25, 0.3) is 0 Å². The van der Waals surface area contributed by atoms with Gasteiger partial charge in [0.05, 0.1) is 11.0 Å². The van der Waals surface area contributed by atoms with Gasteiger partial charge in [-0.1, -0.05) is 158 Å². The highest BCUT2D eigenvalue weighted by atomic mass is 15.0. The lowest BCUT2D eigenvalue weighted by Crippen LogP contribution is -1.94. The molecule has 10 aromatic rings. The van der Waals surface area contributed by atoms with Crippen molar-refractivity contribution in [3.05, 3.63) is 188 Å². The maximum Gasteiger partial charge on any atom is 0.0541 e. The number of benzene rings is 9. The van der Waals surface area contributed by atoms with Gasteiger partial charge in [0, 0.05) is 16.5 Å². The number of hydrogen-bond donors (Lipinski definition) is 0. The van der Waals surface area contributed by atoms with Crippen molar-refractivity contribution in [1.82, 2.24) is 4.57 Å². The van der Waals surface area contributed by atoms with Crippen LogP contribution in [0.5, 0.6) is 0 Å². The van der Waals surface area contributed by atoms with E-state index >= 15 is 0 Å². The smallest absolute Gasteiger partial charge is 0.0541 e. The van der Waals surface area contributed by atoms with E-state index in [-0.39, 0.29) is 0 Å². The fourth-order valence-electron chi connectivity index (χ4n) is 8.00. The molecule has 1 aromatic heterocycles. The first-order valence-corrected chi connectivity index (χ1v) is 16.9. The molecule has 9 aromatic carbocycles. The molecule has 49 heavy (non-hydrogen) atoms. The molecule has 0 saturated heterocycles. The zero-order valence-electron chi connectivity index (χ0n) is 26.8. The Labute approximate surface area is 284 Å². The molecule has 228 valence electrons. The van der Waals surface area contributed by atoms with Crippen molar-refractivity contribution in [3.8, 4) is 39.1 Å². The van der Waals surface area contributed by atoms with Gasteiger partial charge in [-0.3, -0.25) is 0 Å². The summed E-state index contributed by atoms with van der Waals surface area (Å²) in [5, 5.41) is 10.1. The highest BCUT2D eigenvalue weighted by molar-refractivity contribution is 6.28. The predicted octanol–water partition coefficient (Wildman–Crippen LogP) is 13.2. The van der Waals surface area contributed by atoms with Gasteiger partial charge < -0.3 is 4.57 Å². The molecule has 0 aliphatic rings. The third-order valence-corrected chi connectivity index (χ3v) is 10.2. The summed E-state index contributed by atoms with van der Waals surface area (Å²) in [5.74, 6) is 0. The van der Waals surface area contributed by atoms with Crippen LogP contribution >= 0.6 is 0 Å². The monoisotopic (exact) mass is 621 g/mol. The third kappa shape index (κ3) is 4.33. The summed E-state index contributed by atoms with van der Waals surface area (Å²) in [5.41, 5.74) is 11.1. The van der Waals surface area contributed by atoms with Crippen molar-refractivity contribution in [2.45, 2.75) is 0 Å². The zero-order chi connectivity index (χ0) is 32.3. The summed E-state index contributed by atoms with van der Waals surface area (Å²) in [6.45, 7) is 0. The molecule has 0 radical (unpaired) electrons. The fourth-order valence-corrected chi connectivity index (χ4v) is 8.00. The lowest BCUT2D eigenvalue weighted by atomic mass is 9.83. The second kappa shape index (κ2) is 11.1. The Balaban J connectivity index is 1.29. The first-order chi connectivity index (χ1) is 24.3. The number of para-hydroxylation sites is 2. The highest BCUT2D eigenvalue weighted by Crippen LogP contribution is 2.47. The van der Waals surface area contributed by atoms with Crippen molar-refractivity contribution >= 4 is 54.1 Å². The van der Waals surface area contributed by atoms with Gasteiger partial charge in [-0.25, -0.2) is 0 Å². The van der Waals surface area contributed by atoms with E-state index in [0.717, 1.165) is 0 Å². The molecule has 1 heterocycles. The minimum atomic E-state index is 1.17. The molecule has 0 atom stereocenters. The minimum Gasteiger partial charge on any atom is -0.309 e. The van der Waals surface area contributed by atoms with Crippen LogP contribution in [0, 0.1) is 0 Å². The van der Waals surface area contributed by atoms with E-state index in [2.05, 4.69) is 193 Å². The second-order valence-corrected chi connectivity index (χ2v) is 12.9. The number of hydrogen-bond acceptors (Lipinski definition) is 0. The van der Waals surface area contributed by atoms with Crippen LogP contribution in [0.15, 0.2) is 188 Å². The van der Waals surface area contributed by atoms with Crippen LogP contribution in [-0.2, 0) is 0 Å². The fraction of sp³-hybridized carbons (Fsp3) is 0. The van der Waals surface area contributed by atoms with E-state index in [1.54, 1.807) is 0 Å². The van der Waals surface area contributed by atoms with Gasteiger partial charge >= 0.3 is 0 Å². The van der Waals surface area contributed by atoms with E-state index in [1.807, 2.05) is 0 Å². The van der Waals surface area contributed by atoms with E-state index in [9.17, 15) is 0 Å². The van der Waals surface area contributed by atoms with Gasteiger partial charge in [-0.15, -0.1) is 0 Å². The van der Waals surface area contributed by atoms with Gasteiger partial charge in [0.15, 0.2) is 0 Å². The number of aromatic nitrogens is 1. The summed E-state index contributed by atoms with van der Waals surface area (Å²) in [4.78, 5) is 0. The van der Waals surface area contributed by atoms with E-state index in [1.165, 1.54) is 93.2 Å². The van der Waals surface area contributed by atoms with Crippen LogP contribution in [0.25, 0.3) is 93.2 Å². The minimum absolute atomic E-state index is 1.17. The van der Waals surface area contributed by atoms with Gasteiger partial charge in [-0.2, -0.15) is 0 Å². The molecule has 0 aliphatic heterocycles. The largest absolute Gasteiger partial charge is 0.309 e. The Morgan fingerprint density at radius 2 is 0.837 bits per heavy atom. The Hall–Kier alpha value is -6.44. The van der Waals surface area contributed by atoms with Crippen LogP contribution in [-0.4, -0.2) is 4.57 Å². The predicted molar refractivity (Wildman–Crippen MR) is 210 cm³/mol. The van der Waals surface area contributed by atoms with Crippen molar-refractivity contribution in [1.29, 1.82) is 0 Å². The number of nitrogens with zero attached hydrogens (tertiary/aromatic N) is 1. The van der Waals surface area contributed by atoms with Gasteiger partial charge in [-0.05, 0) is 96.0 Å². The van der Waals surface area contributed by atoms with Crippen LogP contribution in [0.1, 0.15) is 0 Å². The molecule has 0 aliphatic carbocycles. The average molecular weight is 622 g/mol. The maximum absolute atomic E-state index is 2.43. The van der Waals surface area contributed by atoms with Gasteiger partial charge in [0.2, 0.25) is 0 Å². The lowest BCUT2D eigenvalue weighted by Gasteiger charge is -2.20. The van der Waals surface area contributed by atoms with Crippen LogP contribution in [0.2, 0.25) is 0 Å². The molecule has 10 rings (SSSR count). The standard InChI is InChI=1S/C48H31N/c1-3-13-32(14-4-1)33-23-25-35(26-24-33)46-40-20-9-10-21-41(40)47(48-38-18-8-7-15-34(38)27-29-42(46)48)36-28-30-45-43(31-36)39-19-11-12-22-44(39)49(45)37-16-5-2-6-17-37/h1-31H. The number of fused-ring (bicyclic) bond motifs is 7. The first-order valence-electron chi connectivity index (χ1n) is 16.9. The second-order valence-electron chi connectivity index (χ2n) is 12.9. The van der Waals surface area contributed by atoms with Crippen LogP contribution in [0.3, 0.4) is 0 Å². The van der Waals surface area contributed by atoms with Crippen molar-refractivity contribution in [2.24, 2.45) is 0 Å². The highest BCUT2D eigenvalue weighted by Gasteiger charge is 2.20. The van der Waals surface area contributed by atoms with Crippen molar-refractivity contribution in [2.75, 3.05) is 0 Å². The molecule has 1 nitrogen and oxygen atoms in total. The summed E-state index contributed by atoms with van der Waals surface area (Å²) in [6, 6.07) is 68.7. The number of rotatable bonds is 4. The molecule has 0 amide bonds. The normalized spacial score (nSPS) is 11.7. The van der Waals surface area contributed by atoms with Crippen molar-refractivity contribution in [3.63, 3.8) is 0 Å². The Morgan fingerprint density at radius 1 is 0.286 bits per heavy atom. The summed E-state index contributed by atoms with van der Waals surface area (Å²) < 4.78 is 2.39.